The van der Waals surface area contributed by atoms with Crippen molar-refractivity contribution in [2.45, 2.75) is 17.4 Å². The van der Waals surface area contributed by atoms with Crippen molar-refractivity contribution >= 4 is 37.5 Å². The third kappa shape index (κ3) is 3.14. The molecule has 0 radical (unpaired) electrons. The minimum Gasteiger partial charge on any atom is -0.495 e. The Balaban J connectivity index is 2.36. The number of halogens is 1. The van der Waals surface area contributed by atoms with Crippen LogP contribution in [0.4, 0.5) is 5.69 Å². The predicted octanol–water partition coefficient (Wildman–Crippen LogP) is 0.549. The minimum atomic E-state index is -3.91. The Hall–Kier alpha value is -1.32. The smallest absolute Gasteiger partial charge is 0.245 e. The molecule has 0 aromatic heterocycles. The molecule has 1 unspecified atom stereocenters. The molecule has 1 aliphatic heterocycles. The van der Waals surface area contributed by atoms with E-state index < -0.39 is 16.1 Å². The molecule has 1 heterocycles. The van der Waals surface area contributed by atoms with Crippen LogP contribution in [0.5, 0.6) is 5.75 Å². The van der Waals surface area contributed by atoms with Gasteiger partial charge in [0.25, 0.3) is 0 Å². The number of methoxy groups -OCH3 is 1. The van der Waals surface area contributed by atoms with Crippen molar-refractivity contribution in [3.05, 3.63) is 16.6 Å². The summed E-state index contributed by atoms with van der Waals surface area (Å²) in [5, 5.41) is 0. The fourth-order valence-corrected chi connectivity index (χ4v) is 3.83. The van der Waals surface area contributed by atoms with Crippen LogP contribution in [0, 0.1) is 0 Å². The fourth-order valence-electron chi connectivity index (χ4n) is 2.10. The quantitative estimate of drug-likeness (QED) is 0.745. The summed E-state index contributed by atoms with van der Waals surface area (Å²) in [6, 6.07) is 2.02. The van der Waals surface area contributed by atoms with Gasteiger partial charge in [-0.2, -0.15) is 4.72 Å². The van der Waals surface area contributed by atoms with Crippen molar-refractivity contribution in [2.24, 2.45) is 0 Å². The van der Waals surface area contributed by atoms with Gasteiger partial charge in [0.2, 0.25) is 15.9 Å². The summed E-state index contributed by atoms with van der Waals surface area (Å²) in [5.74, 6) is -0.0926. The van der Waals surface area contributed by atoms with Gasteiger partial charge in [-0.3, -0.25) is 4.79 Å². The number of benzene rings is 1. The van der Waals surface area contributed by atoms with E-state index in [1.165, 1.54) is 24.1 Å². The molecule has 1 aliphatic rings. The summed E-state index contributed by atoms with van der Waals surface area (Å²) < 4.78 is 32.9. The number of hydrogen-bond donors (Lipinski definition) is 2. The molecule has 0 spiro atoms. The molecule has 0 saturated carbocycles. The molecule has 21 heavy (non-hydrogen) atoms. The highest BCUT2D eigenvalue weighted by Gasteiger charge is 2.34. The Morgan fingerprint density at radius 2 is 2.14 bits per heavy atom. The molecule has 1 atom stereocenters. The molecule has 1 aromatic carbocycles. The van der Waals surface area contributed by atoms with Gasteiger partial charge in [0.05, 0.1) is 7.11 Å². The van der Waals surface area contributed by atoms with E-state index in [0.29, 0.717) is 17.4 Å². The van der Waals surface area contributed by atoms with Gasteiger partial charge in [0.1, 0.15) is 16.7 Å². The van der Waals surface area contributed by atoms with E-state index >= 15 is 0 Å². The molecule has 2 rings (SSSR count). The van der Waals surface area contributed by atoms with Crippen LogP contribution in [0.3, 0.4) is 0 Å². The second-order valence-electron chi connectivity index (χ2n) is 4.75. The van der Waals surface area contributed by atoms with Crippen molar-refractivity contribution in [2.75, 3.05) is 26.4 Å². The Bertz CT molecular complexity index is 677. The first-order chi connectivity index (χ1) is 9.76. The van der Waals surface area contributed by atoms with E-state index in [1.807, 2.05) is 0 Å². The first kappa shape index (κ1) is 16.1. The van der Waals surface area contributed by atoms with Gasteiger partial charge in [-0.1, -0.05) is 0 Å². The number of anilines is 1. The molecule has 7 nitrogen and oxygen atoms in total. The molecule has 0 aliphatic carbocycles. The first-order valence-electron chi connectivity index (χ1n) is 6.16. The number of amides is 1. The molecular formula is C12H16BrN3O4S. The van der Waals surface area contributed by atoms with Crippen LogP contribution in [0.1, 0.15) is 6.42 Å². The standard InChI is InChI=1S/C12H16BrN3O4S/c1-16-4-3-9(12(16)17)15-21(18,19)11-6-8(14)7(13)5-10(11)20-2/h5-6,9,15H,3-4,14H2,1-2H3. The molecule has 9 heteroatoms. The lowest BCUT2D eigenvalue weighted by atomic mass is 10.3. The highest BCUT2D eigenvalue weighted by Crippen LogP contribution is 2.32. The number of nitrogens with one attached hydrogen (secondary N) is 1. The number of nitrogens with zero attached hydrogens (tertiary/aromatic N) is 1. The lowest BCUT2D eigenvalue weighted by molar-refractivity contribution is -0.127. The van der Waals surface area contributed by atoms with Gasteiger partial charge in [-0.05, 0) is 34.5 Å². The van der Waals surface area contributed by atoms with Gasteiger partial charge in [-0.25, -0.2) is 8.42 Å². The maximum atomic E-state index is 12.5. The number of nitrogen functional groups attached to an aromatic ring is 1. The minimum absolute atomic E-state index is 0.0898. The Labute approximate surface area is 131 Å². The number of carbonyl (C=O) groups excluding carboxylic acids is 1. The summed E-state index contributed by atoms with van der Waals surface area (Å²) in [4.78, 5) is 13.2. The monoisotopic (exact) mass is 377 g/mol. The van der Waals surface area contributed by atoms with Crippen LogP contribution in [0.15, 0.2) is 21.5 Å². The molecule has 3 N–H and O–H groups in total. The van der Waals surface area contributed by atoms with Crippen molar-refractivity contribution in [1.29, 1.82) is 0 Å². The number of nitrogens with two attached hydrogens (primary N) is 1. The van der Waals surface area contributed by atoms with Crippen LogP contribution in [-0.4, -0.2) is 46.0 Å². The molecule has 1 aromatic rings. The van der Waals surface area contributed by atoms with Gasteiger partial charge in [-0.15, -0.1) is 0 Å². The summed E-state index contributed by atoms with van der Waals surface area (Å²) in [6.45, 7) is 0.519. The van der Waals surface area contributed by atoms with Crippen molar-refractivity contribution in [1.82, 2.24) is 9.62 Å². The van der Waals surface area contributed by atoms with Crippen LogP contribution in [0.25, 0.3) is 0 Å². The highest BCUT2D eigenvalue weighted by molar-refractivity contribution is 9.10. The van der Waals surface area contributed by atoms with Gasteiger partial charge in [0, 0.05) is 23.8 Å². The van der Waals surface area contributed by atoms with Crippen molar-refractivity contribution in [3.8, 4) is 5.75 Å². The highest BCUT2D eigenvalue weighted by atomic mass is 79.9. The normalized spacial score (nSPS) is 19.1. The summed E-state index contributed by atoms with van der Waals surface area (Å²) >= 11 is 3.21. The van der Waals surface area contributed by atoms with E-state index in [1.54, 1.807) is 7.05 Å². The zero-order valence-corrected chi connectivity index (χ0v) is 14.0. The second kappa shape index (κ2) is 5.82. The van der Waals surface area contributed by atoms with Crippen LogP contribution < -0.4 is 15.2 Å². The molecule has 1 amide bonds. The summed E-state index contributed by atoms with van der Waals surface area (Å²) in [5.41, 5.74) is 6.00. The largest absolute Gasteiger partial charge is 0.495 e. The zero-order valence-electron chi connectivity index (χ0n) is 11.6. The van der Waals surface area contributed by atoms with E-state index in [9.17, 15) is 13.2 Å². The zero-order chi connectivity index (χ0) is 15.8. The third-order valence-corrected chi connectivity index (χ3v) is 5.48. The molecular weight excluding hydrogens is 362 g/mol. The van der Waals surface area contributed by atoms with E-state index in [0.717, 1.165) is 0 Å². The number of likely N-dealkylation sites (N-methyl/N-ethyl adjacent to an activating group) is 1. The average molecular weight is 378 g/mol. The lowest BCUT2D eigenvalue weighted by Gasteiger charge is -2.15. The Morgan fingerprint density at radius 1 is 1.48 bits per heavy atom. The summed E-state index contributed by atoms with van der Waals surface area (Å²) in [7, 11) is -0.905. The molecule has 1 saturated heterocycles. The van der Waals surface area contributed by atoms with Crippen LogP contribution in [0.2, 0.25) is 0 Å². The van der Waals surface area contributed by atoms with Crippen molar-refractivity contribution in [3.63, 3.8) is 0 Å². The molecule has 1 fully saturated rings. The van der Waals surface area contributed by atoms with Gasteiger partial charge in [0.15, 0.2) is 0 Å². The first-order valence-corrected chi connectivity index (χ1v) is 8.44. The van der Waals surface area contributed by atoms with E-state index in [2.05, 4.69) is 20.7 Å². The number of likely N-dealkylation sites (tertiary alicyclic amines) is 1. The number of rotatable bonds is 4. The third-order valence-electron chi connectivity index (χ3n) is 3.30. The number of hydrogen-bond acceptors (Lipinski definition) is 5. The van der Waals surface area contributed by atoms with E-state index in [-0.39, 0.29) is 22.2 Å². The topological polar surface area (TPSA) is 102 Å². The predicted molar refractivity (Wildman–Crippen MR) is 81.5 cm³/mol. The van der Waals surface area contributed by atoms with Crippen LogP contribution in [-0.2, 0) is 14.8 Å². The van der Waals surface area contributed by atoms with Gasteiger partial charge < -0.3 is 15.4 Å². The van der Waals surface area contributed by atoms with E-state index in [4.69, 9.17) is 10.5 Å². The van der Waals surface area contributed by atoms with Gasteiger partial charge >= 0.3 is 0 Å². The second-order valence-corrected chi connectivity index (χ2v) is 7.28. The molecule has 0 bridgehead atoms. The van der Waals surface area contributed by atoms with Crippen LogP contribution >= 0.6 is 15.9 Å². The Kier molecular flexibility index (Phi) is 4.45. The lowest BCUT2D eigenvalue weighted by Crippen LogP contribution is -2.40. The number of sulfonamides is 1. The maximum Gasteiger partial charge on any atom is 0.245 e. The fraction of sp³-hybridized carbons (Fsp3) is 0.417. The molecule has 116 valence electrons. The van der Waals surface area contributed by atoms with Crippen molar-refractivity contribution < 1.29 is 17.9 Å². The Morgan fingerprint density at radius 3 is 2.67 bits per heavy atom. The summed E-state index contributed by atoms with van der Waals surface area (Å²) in [6.07, 6.45) is 0.433. The SMILES string of the molecule is COc1cc(Br)c(N)cc1S(=O)(=O)NC1CCN(C)C1=O. The number of carbonyl (C=O) groups is 1. The maximum absolute atomic E-state index is 12.5. The average Bonchev–Trinajstić information content (AvgIpc) is 2.72. The number of ether oxygens (including phenoxy) is 1.